The van der Waals surface area contributed by atoms with Crippen LogP contribution in [0.1, 0.15) is 22.2 Å². The smallest absolute Gasteiger partial charge is 0.224 e. The summed E-state index contributed by atoms with van der Waals surface area (Å²) in [4.78, 5) is 11.1. The number of nitrogens with one attached hydrogen (secondary N) is 2. The zero-order valence-electron chi connectivity index (χ0n) is 11.2. The van der Waals surface area contributed by atoms with E-state index in [1.807, 2.05) is 6.92 Å². The fourth-order valence-corrected chi connectivity index (χ4v) is 2.79. The zero-order valence-corrected chi connectivity index (χ0v) is 12.8. The lowest BCUT2D eigenvalue weighted by molar-refractivity contribution is 1.06. The predicted molar refractivity (Wildman–Crippen MR) is 82.3 cm³/mol. The number of anilines is 2. The molecule has 0 aliphatic rings. The van der Waals surface area contributed by atoms with Gasteiger partial charge >= 0.3 is 0 Å². The standard InChI is InChI=1S/C13H17ClN4S/c1-4-15-13-17-7-11(14)12(18-13)16-6-10-5-8(2)9(3)19-10/h5,7H,4,6H2,1-3H3,(H2,15,16,17,18). The third-order valence-corrected chi connectivity index (χ3v) is 4.16. The fourth-order valence-electron chi connectivity index (χ4n) is 1.64. The van der Waals surface area contributed by atoms with Crippen LogP contribution in [0.15, 0.2) is 12.3 Å². The van der Waals surface area contributed by atoms with Crippen molar-refractivity contribution in [3.05, 3.63) is 32.6 Å². The first-order valence-corrected chi connectivity index (χ1v) is 7.35. The maximum atomic E-state index is 6.09. The number of hydrogen-bond donors (Lipinski definition) is 2. The van der Waals surface area contributed by atoms with Gasteiger partial charge in [0.15, 0.2) is 5.82 Å². The highest BCUT2D eigenvalue weighted by Gasteiger charge is 2.06. The molecule has 0 aliphatic heterocycles. The zero-order chi connectivity index (χ0) is 13.8. The lowest BCUT2D eigenvalue weighted by Gasteiger charge is -2.08. The number of hydrogen-bond acceptors (Lipinski definition) is 5. The van der Waals surface area contributed by atoms with Crippen LogP contribution in [0, 0.1) is 13.8 Å². The van der Waals surface area contributed by atoms with Crippen molar-refractivity contribution in [1.29, 1.82) is 0 Å². The van der Waals surface area contributed by atoms with E-state index in [1.165, 1.54) is 15.3 Å². The number of halogens is 1. The number of aromatic nitrogens is 2. The quantitative estimate of drug-likeness (QED) is 0.880. The summed E-state index contributed by atoms with van der Waals surface area (Å²) in [6.07, 6.45) is 1.61. The molecule has 0 aliphatic carbocycles. The van der Waals surface area contributed by atoms with Crippen LogP contribution in [0.5, 0.6) is 0 Å². The van der Waals surface area contributed by atoms with Crippen molar-refractivity contribution >= 4 is 34.7 Å². The van der Waals surface area contributed by atoms with Gasteiger partial charge in [-0.3, -0.25) is 0 Å². The van der Waals surface area contributed by atoms with Crippen LogP contribution in [0.25, 0.3) is 0 Å². The van der Waals surface area contributed by atoms with Gasteiger partial charge in [0, 0.05) is 16.3 Å². The summed E-state index contributed by atoms with van der Waals surface area (Å²) in [6.45, 7) is 7.76. The van der Waals surface area contributed by atoms with Crippen LogP contribution >= 0.6 is 22.9 Å². The highest BCUT2D eigenvalue weighted by atomic mass is 35.5. The van der Waals surface area contributed by atoms with Gasteiger partial charge in [0.05, 0.1) is 12.7 Å². The average molecular weight is 297 g/mol. The van der Waals surface area contributed by atoms with Crippen LogP contribution in [0.3, 0.4) is 0 Å². The van der Waals surface area contributed by atoms with E-state index in [0.717, 1.165) is 13.1 Å². The van der Waals surface area contributed by atoms with Gasteiger partial charge in [-0.25, -0.2) is 4.98 Å². The van der Waals surface area contributed by atoms with Gasteiger partial charge in [-0.05, 0) is 32.4 Å². The molecule has 2 aromatic heterocycles. The molecule has 0 saturated carbocycles. The Bertz CT molecular complexity index is 548. The molecule has 4 nitrogen and oxygen atoms in total. The molecule has 0 spiro atoms. The molecule has 0 atom stereocenters. The first kappa shape index (κ1) is 14.1. The summed E-state index contributed by atoms with van der Waals surface area (Å²) in [5.74, 6) is 1.25. The summed E-state index contributed by atoms with van der Waals surface area (Å²) in [7, 11) is 0. The second kappa shape index (κ2) is 6.21. The van der Waals surface area contributed by atoms with Crippen molar-refractivity contribution in [2.45, 2.75) is 27.3 Å². The Morgan fingerprint density at radius 2 is 2.11 bits per heavy atom. The third kappa shape index (κ3) is 3.58. The summed E-state index contributed by atoms with van der Waals surface area (Å²) in [5, 5.41) is 6.86. The van der Waals surface area contributed by atoms with Crippen molar-refractivity contribution in [1.82, 2.24) is 9.97 Å². The second-order valence-corrected chi connectivity index (χ2v) is 5.97. The lowest BCUT2D eigenvalue weighted by atomic mass is 10.3. The molecule has 102 valence electrons. The maximum absolute atomic E-state index is 6.09. The van der Waals surface area contributed by atoms with Crippen LogP contribution in [0.2, 0.25) is 5.02 Å². The van der Waals surface area contributed by atoms with Crippen molar-refractivity contribution < 1.29 is 0 Å². The molecule has 0 fully saturated rings. The van der Waals surface area contributed by atoms with Crippen molar-refractivity contribution in [3.63, 3.8) is 0 Å². The van der Waals surface area contributed by atoms with Gasteiger partial charge in [0.1, 0.15) is 5.02 Å². The highest BCUT2D eigenvalue weighted by molar-refractivity contribution is 7.12. The number of nitrogens with zero attached hydrogens (tertiary/aromatic N) is 2. The van der Waals surface area contributed by atoms with Gasteiger partial charge in [0.25, 0.3) is 0 Å². The van der Waals surface area contributed by atoms with Gasteiger partial charge < -0.3 is 10.6 Å². The van der Waals surface area contributed by atoms with Crippen LogP contribution < -0.4 is 10.6 Å². The molecule has 0 radical (unpaired) electrons. The van der Waals surface area contributed by atoms with Gasteiger partial charge in [-0.2, -0.15) is 4.98 Å². The van der Waals surface area contributed by atoms with E-state index in [1.54, 1.807) is 17.5 Å². The molecule has 19 heavy (non-hydrogen) atoms. The van der Waals surface area contributed by atoms with E-state index < -0.39 is 0 Å². The minimum absolute atomic E-state index is 0.534. The Hall–Kier alpha value is -1.33. The molecule has 2 N–H and O–H groups in total. The van der Waals surface area contributed by atoms with Crippen LogP contribution in [0.4, 0.5) is 11.8 Å². The van der Waals surface area contributed by atoms with E-state index in [2.05, 4.69) is 40.5 Å². The largest absolute Gasteiger partial charge is 0.364 e. The minimum atomic E-state index is 0.534. The second-order valence-electron chi connectivity index (χ2n) is 4.23. The molecular formula is C13H17ClN4S. The molecule has 0 amide bonds. The molecule has 2 heterocycles. The van der Waals surface area contributed by atoms with Crippen molar-refractivity contribution in [2.75, 3.05) is 17.2 Å². The topological polar surface area (TPSA) is 49.8 Å². The van der Waals surface area contributed by atoms with Gasteiger partial charge in [-0.1, -0.05) is 11.6 Å². The lowest BCUT2D eigenvalue weighted by Crippen LogP contribution is -2.06. The Labute approximate surface area is 122 Å². The summed E-state index contributed by atoms with van der Waals surface area (Å²) in [5.41, 5.74) is 1.32. The molecule has 6 heteroatoms. The predicted octanol–water partition coefficient (Wildman–Crippen LogP) is 3.85. The Kier molecular flexibility index (Phi) is 4.61. The maximum Gasteiger partial charge on any atom is 0.224 e. The van der Waals surface area contributed by atoms with Crippen LogP contribution in [-0.4, -0.2) is 16.5 Å². The summed E-state index contributed by atoms with van der Waals surface area (Å²) >= 11 is 7.88. The van der Waals surface area contributed by atoms with E-state index in [4.69, 9.17) is 11.6 Å². The normalized spacial score (nSPS) is 10.5. The van der Waals surface area contributed by atoms with E-state index >= 15 is 0 Å². The Morgan fingerprint density at radius 3 is 2.74 bits per heavy atom. The number of rotatable bonds is 5. The van der Waals surface area contributed by atoms with E-state index in [-0.39, 0.29) is 0 Å². The molecule has 0 bridgehead atoms. The molecule has 0 unspecified atom stereocenters. The first-order valence-electron chi connectivity index (χ1n) is 6.16. The Morgan fingerprint density at radius 1 is 1.32 bits per heavy atom. The van der Waals surface area contributed by atoms with E-state index in [9.17, 15) is 0 Å². The average Bonchev–Trinajstić information content (AvgIpc) is 2.70. The van der Waals surface area contributed by atoms with Crippen molar-refractivity contribution in [2.24, 2.45) is 0 Å². The molecule has 0 aromatic carbocycles. The monoisotopic (exact) mass is 296 g/mol. The SMILES string of the molecule is CCNc1ncc(Cl)c(NCc2cc(C)c(C)s2)n1. The summed E-state index contributed by atoms with van der Waals surface area (Å²) < 4.78 is 0. The van der Waals surface area contributed by atoms with Gasteiger partial charge in [0.2, 0.25) is 5.95 Å². The van der Waals surface area contributed by atoms with Crippen LogP contribution in [-0.2, 0) is 6.54 Å². The number of aryl methyl sites for hydroxylation is 2. The highest BCUT2D eigenvalue weighted by Crippen LogP contribution is 2.24. The molecule has 2 rings (SSSR count). The van der Waals surface area contributed by atoms with Crippen molar-refractivity contribution in [3.8, 4) is 0 Å². The third-order valence-electron chi connectivity index (χ3n) is 2.73. The summed E-state index contributed by atoms with van der Waals surface area (Å²) in [6, 6.07) is 2.19. The Balaban J connectivity index is 2.07. The molecule has 0 saturated heterocycles. The van der Waals surface area contributed by atoms with Gasteiger partial charge in [-0.15, -0.1) is 11.3 Å². The first-order chi connectivity index (χ1) is 9.10. The molecular weight excluding hydrogens is 280 g/mol. The minimum Gasteiger partial charge on any atom is -0.364 e. The molecule has 2 aromatic rings. The number of thiophene rings is 1. The fraction of sp³-hybridized carbons (Fsp3) is 0.385. The van der Waals surface area contributed by atoms with E-state index in [0.29, 0.717) is 16.8 Å².